The molecule has 2 saturated heterocycles. The first-order chi connectivity index (χ1) is 15.6. The van der Waals surface area contributed by atoms with Crippen LogP contribution in [-0.4, -0.2) is 82.7 Å². The van der Waals surface area contributed by atoms with Gasteiger partial charge in [-0.25, -0.2) is 4.79 Å². The van der Waals surface area contributed by atoms with E-state index < -0.39 is 12.1 Å². The molecule has 2 aliphatic rings. The van der Waals surface area contributed by atoms with Gasteiger partial charge >= 0.3 is 12.1 Å². The van der Waals surface area contributed by atoms with Crippen molar-refractivity contribution in [3.63, 3.8) is 0 Å². The van der Waals surface area contributed by atoms with E-state index in [9.17, 15) is 22.8 Å². The molecular weight excluding hydrogens is 443 g/mol. The zero-order chi connectivity index (χ0) is 24.2. The molecule has 11 heteroatoms. The Morgan fingerprint density at radius 3 is 2.52 bits per heavy atom. The molecular formula is C22H24F3N3O5. The van der Waals surface area contributed by atoms with Crippen LogP contribution in [0.4, 0.5) is 13.2 Å². The molecule has 0 bridgehead atoms. The maximum atomic E-state index is 13.0. The molecule has 0 aliphatic carbocycles. The van der Waals surface area contributed by atoms with Crippen molar-refractivity contribution in [3.8, 4) is 0 Å². The van der Waals surface area contributed by atoms with Crippen molar-refractivity contribution in [2.45, 2.75) is 25.6 Å². The van der Waals surface area contributed by atoms with Crippen LogP contribution in [0.15, 0.2) is 36.5 Å². The molecule has 2 atom stereocenters. The summed E-state index contributed by atoms with van der Waals surface area (Å²) in [5, 5.41) is 8.09. The van der Waals surface area contributed by atoms with Crippen molar-refractivity contribution >= 4 is 28.7 Å². The van der Waals surface area contributed by atoms with Crippen LogP contribution >= 0.6 is 0 Å². The fourth-order valence-electron chi connectivity index (χ4n) is 3.91. The van der Waals surface area contributed by atoms with Gasteiger partial charge in [0.1, 0.15) is 0 Å². The van der Waals surface area contributed by atoms with Crippen molar-refractivity contribution in [2.24, 2.45) is 5.92 Å². The van der Waals surface area contributed by atoms with Gasteiger partial charge in [-0.2, -0.15) is 13.2 Å². The minimum absolute atomic E-state index is 0.000766. The average Bonchev–Trinajstić information content (AvgIpc) is 3.00. The van der Waals surface area contributed by atoms with E-state index in [0.29, 0.717) is 37.7 Å². The molecule has 2 aliphatic heterocycles. The number of alkyl halides is 3. The first-order valence-electron chi connectivity index (χ1n) is 10.4. The smallest absolute Gasteiger partial charge is 0.475 e. The lowest BCUT2D eigenvalue weighted by Crippen LogP contribution is -2.49. The number of piperidine rings is 1. The number of nitrogens with zero attached hydrogens (tertiary/aromatic N) is 3. The fourth-order valence-corrected chi connectivity index (χ4v) is 3.91. The van der Waals surface area contributed by atoms with Gasteiger partial charge in [0.2, 0.25) is 5.91 Å². The lowest BCUT2D eigenvalue weighted by molar-refractivity contribution is -0.192. The molecule has 2 fully saturated rings. The molecule has 178 valence electrons. The number of rotatable bonds is 1. The molecule has 8 nitrogen and oxygen atoms in total. The summed E-state index contributed by atoms with van der Waals surface area (Å²) in [5.74, 6) is -2.33. The number of hydrogen-bond acceptors (Lipinski definition) is 5. The number of ether oxygens (including phenoxy) is 1. The van der Waals surface area contributed by atoms with Crippen LogP contribution in [0.2, 0.25) is 0 Å². The van der Waals surface area contributed by atoms with Gasteiger partial charge < -0.3 is 19.6 Å². The van der Waals surface area contributed by atoms with E-state index in [0.717, 1.165) is 23.9 Å². The fraction of sp³-hybridized carbons (Fsp3) is 0.455. The van der Waals surface area contributed by atoms with Crippen LogP contribution in [0.5, 0.6) is 0 Å². The number of aromatic nitrogens is 1. The van der Waals surface area contributed by atoms with Crippen molar-refractivity contribution in [2.75, 3.05) is 32.8 Å². The standard InChI is InChI=1S/C20H23N3O3.C2HF3O2/c1-14(24)22-9-10-26-19-13-23(8-6-17(19)12-22)20(25)16-4-5-18-15(11-16)3-2-7-21-18;3-2(4,5)1(6)7/h2-5,7,11,17,19H,6,8-10,12-13H2,1H3;(H,6,7)/t17-,19-;/m1./s1. The number of benzene rings is 1. The number of carbonyl (C=O) groups excluding carboxylic acids is 2. The predicted molar refractivity (Wildman–Crippen MR) is 111 cm³/mol. The van der Waals surface area contributed by atoms with Crippen LogP contribution in [0.3, 0.4) is 0 Å². The highest BCUT2D eigenvalue weighted by Gasteiger charge is 2.38. The molecule has 4 rings (SSSR count). The lowest BCUT2D eigenvalue weighted by atomic mass is 9.92. The number of aliphatic carboxylic acids is 1. The van der Waals surface area contributed by atoms with Crippen LogP contribution in [0.1, 0.15) is 23.7 Å². The normalized spacial score (nSPS) is 20.8. The summed E-state index contributed by atoms with van der Waals surface area (Å²) >= 11 is 0. The second kappa shape index (κ2) is 10.2. The molecule has 1 N–H and O–H groups in total. The third-order valence-corrected chi connectivity index (χ3v) is 5.67. The Hall–Kier alpha value is -3.21. The van der Waals surface area contributed by atoms with E-state index in [4.69, 9.17) is 14.6 Å². The molecule has 2 aromatic rings. The Morgan fingerprint density at radius 2 is 1.85 bits per heavy atom. The summed E-state index contributed by atoms with van der Waals surface area (Å²) < 4.78 is 37.7. The van der Waals surface area contributed by atoms with Crippen molar-refractivity contribution in [3.05, 3.63) is 42.1 Å². The summed E-state index contributed by atoms with van der Waals surface area (Å²) in [5.41, 5.74) is 1.57. The van der Waals surface area contributed by atoms with Gasteiger partial charge in [-0.15, -0.1) is 0 Å². The van der Waals surface area contributed by atoms with Crippen LogP contribution < -0.4 is 0 Å². The highest BCUT2D eigenvalue weighted by Crippen LogP contribution is 2.26. The molecule has 1 aromatic carbocycles. The number of halogens is 3. The van der Waals surface area contributed by atoms with Gasteiger partial charge in [0, 0.05) is 56.2 Å². The predicted octanol–water partition coefficient (Wildman–Crippen LogP) is 2.58. The number of carboxylic acid groups (broad SMARTS) is 1. The van der Waals surface area contributed by atoms with Crippen molar-refractivity contribution < 1.29 is 37.4 Å². The second-order valence-electron chi connectivity index (χ2n) is 7.89. The minimum Gasteiger partial charge on any atom is -0.475 e. The number of pyridine rings is 1. The van der Waals surface area contributed by atoms with Crippen LogP contribution in [-0.2, 0) is 14.3 Å². The van der Waals surface area contributed by atoms with E-state index in [1.807, 2.05) is 40.1 Å². The van der Waals surface area contributed by atoms with E-state index in [-0.39, 0.29) is 17.9 Å². The Morgan fingerprint density at radius 1 is 1.12 bits per heavy atom. The van der Waals surface area contributed by atoms with E-state index >= 15 is 0 Å². The number of carbonyl (C=O) groups is 3. The molecule has 33 heavy (non-hydrogen) atoms. The monoisotopic (exact) mass is 467 g/mol. The first-order valence-corrected chi connectivity index (χ1v) is 10.4. The molecule has 2 amide bonds. The maximum absolute atomic E-state index is 13.0. The average molecular weight is 467 g/mol. The Labute approximate surface area is 187 Å². The number of fused-ring (bicyclic) bond motifs is 2. The van der Waals surface area contributed by atoms with Crippen molar-refractivity contribution in [1.29, 1.82) is 0 Å². The first kappa shape index (κ1) is 24.4. The number of amides is 2. The van der Waals surface area contributed by atoms with Gasteiger partial charge in [0.25, 0.3) is 5.91 Å². The highest BCUT2D eigenvalue weighted by atomic mass is 19.4. The van der Waals surface area contributed by atoms with Crippen LogP contribution in [0.25, 0.3) is 10.9 Å². The lowest BCUT2D eigenvalue weighted by Gasteiger charge is -2.38. The summed E-state index contributed by atoms with van der Waals surface area (Å²) in [6.07, 6.45) is -2.48. The van der Waals surface area contributed by atoms with Gasteiger partial charge in [0.15, 0.2) is 0 Å². The zero-order valence-electron chi connectivity index (χ0n) is 17.9. The SMILES string of the molecule is CC(=O)N1CCO[C@@H]2CN(C(=O)c3ccc4ncccc4c3)CC[C@@H]2C1.O=C(O)C(F)(F)F. The largest absolute Gasteiger partial charge is 0.490 e. The quantitative estimate of drug-likeness (QED) is 0.692. The van der Waals surface area contributed by atoms with Gasteiger partial charge in [0.05, 0.1) is 18.2 Å². The van der Waals surface area contributed by atoms with E-state index in [1.165, 1.54) is 0 Å². The Kier molecular flexibility index (Phi) is 7.52. The molecule has 1 aromatic heterocycles. The zero-order valence-corrected chi connectivity index (χ0v) is 17.9. The number of carboxylic acids is 1. The topological polar surface area (TPSA) is 100 Å². The molecule has 0 radical (unpaired) electrons. The third kappa shape index (κ3) is 6.19. The number of likely N-dealkylation sites (tertiary alicyclic amines) is 1. The summed E-state index contributed by atoms with van der Waals surface area (Å²) in [7, 11) is 0. The van der Waals surface area contributed by atoms with Gasteiger partial charge in [-0.05, 0) is 30.7 Å². The molecule has 0 unspecified atom stereocenters. The minimum atomic E-state index is -5.08. The van der Waals surface area contributed by atoms with E-state index in [2.05, 4.69) is 4.98 Å². The molecule has 0 spiro atoms. The molecule has 0 saturated carbocycles. The van der Waals surface area contributed by atoms with Crippen LogP contribution in [0, 0.1) is 5.92 Å². The van der Waals surface area contributed by atoms with Gasteiger partial charge in [-0.3, -0.25) is 14.6 Å². The summed E-state index contributed by atoms with van der Waals surface area (Å²) in [6, 6.07) is 9.48. The maximum Gasteiger partial charge on any atom is 0.490 e. The van der Waals surface area contributed by atoms with Gasteiger partial charge in [-0.1, -0.05) is 6.07 Å². The molecule has 3 heterocycles. The highest BCUT2D eigenvalue weighted by molar-refractivity contribution is 5.98. The summed E-state index contributed by atoms with van der Waals surface area (Å²) in [6.45, 7) is 4.77. The Bertz CT molecular complexity index is 1030. The van der Waals surface area contributed by atoms with Crippen molar-refractivity contribution in [1.82, 2.24) is 14.8 Å². The third-order valence-electron chi connectivity index (χ3n) is 5.67. The van der Waals surface area contributed by atoms with E-state index in [1.54, 1.807) is 13.1 Å². The second-order valence-corrected chi connectivity index (χ2v) is 7.89. The Balaban J connectivity index is 0.000000383. The summed E-state index contributed by atoms with van der Waals surface area (Å²) in [4.78, 5) is 41.6. The number of hydrogen-bond donors (Lipinski definition) is 1.